The van der Waals surface area contributed by atoms with Crippen LogP contribution in [-0.4, -0.2) is 65.5 Å². The van der Waals surface area contributed by atoms with Crippen molar-refractivity contribution >= 4 is 5.91 Å². The number of aromatic nitrogens is 1. The summed E-state index contributed by atoms with van der Waals surface area (Å²) in [5.41, 5.74) is 1.60. The second kappa shape index (κ2) is 7.50. The molecule has 3 rings (SSSR count). The summed E-state index contributed by atoms with van der Waals surface area (Å²) in [6.07, 6.45) is 5.12. The van der Waals surface area contributed by atoms with Crippen LogP contribution in [0.1, 0.15) is 41.3 Å². The molecule has 1 aromatic rings. The van der Waals surface area contributed by atoms with Gasteiger partial charge in [0.05, 0.1) is 30.9 Å². The van der Waals surface area contributed by atoms with E-state index in [1.807, 2.05) is 14.0 Å². The van der Waals surface area contributed by atoms with Crippen LogP contribution in [0.25, 0.3) is 0 Å². The number of aliphatic hydroxyl groups excluding tert-OH is 1. The van der Waals surface area contributed by atoms with Gasteiger partial charge in [-0.25, -0.2) is 0 Å². The summed E-state index contributed by atoms with van der Waals surface area (Å²) in [5, 5.41) is 12.9. The highest BCUT2D eigenvalue weighted by Crippen LogP contribution is 2.24. The fraction of sp³-hybridized carbons (Fsp3) is 0.684. The van der Waals surface area contributed by atoms with Crippen molar-refractivity contribution in [2.75, 3.05) is 33.4 Å². The number of hydrogen-bond donors (Lipinski definition) is 2. The average Bonchev–Trinajstić information content (AvgIpc) is 2.66. The summed E-state index contributed by atoms with van der Waals surface area (Å²) in [4.78, 5) is 27.3. The third-order valence-corrected chi connectivity index (χ3v) is 5.95. The predicted molar refractivity (Wildman–Crippen MR) is 98.5 cm³/mol. The maximum absolute atomic E-state index is 12.9. The van der Waals surface area contributed by atoms with Gasteiger partial charge in [-0.2, -0.15) is 0 Å². The molecule has 2 N–H and O–H groups in total. The Morgan fingerprint density at radius 1 is 1.35 bits per heavy atom. The fourth-order valence-electron chi connectivity index (χ4n) is 4.01. The number of ether oxygens (including phenoxy) is 1. The van der Waals surface area contributed by atoms with Gasteiger partial charge in [0.15, 0.2) is 0 Å². The van der Waals surface area contributed by atoms with Gasteiger partial charge in [-0.05, 0) is 45.2 Å². The second-order valence-corrected chi connectivity index (χ2v) is 7.66. The monoisotopic (exact) mass is 363 g/mol. The molecule has 2 heterocycles. The molecule has 0 bridgehead atoms. The molecule has 1 aliphatic carbocycles. The van der Waals surface area contributed by atoms with E-state index in [0.29, 0.717) is 25.3 Å². The van der Waals surface area contributed by atoms with Crippen molar-refractivity contribution < 1.29 is 14.6 Å². The maximum atomic E-state index is 12.9. The lowest BCUT2D eigenvalue weighted by Crippen LogP contribution is -2.65. The van der Waals surface area contributed by atoms with E-state index in [1.54, 1.807) is 13.2 Å². The lowest BCUT2D eigenvalue weighted by atomic mass is 9.89. The number of pyridine rings is 1. The van der Waals surface area contributed by atoms with Crippen LogP contribution in [0, 0.1) is 0 Å². The molecule has 1 saturated heterocycles. The van der Waals surface area contributed by atoms with Crippen LogP contribution in [0.2, 0.25) is 0 Å². The zero-order chi connectivity index (χ0) is 18.9. The van der Waals surface area contributed by atoms with E-state index in [-0.39, 0.29) is 24.1 Å². The SMILES string of the molecule is C[C@@H]1COC[C@@](CO)(CNC(=O)c2cn(C)c(=O)c3c2CCCC3)N1C. The van der Waals surface area contributed by atoms with Crippen molar-refractivity contribution in [2.24, 2.45) is 7.05 Å². The first-order valence-electron chi connectivity index (χ1n) is 9.31. The number of nitrogens with zero attached hydrogens (tertiary/aromatic N) is 2. The molecule has 2 atom stereocenters. The molecule has 0 radical (unpaired) electrons. The Morgan fingerprint density at radius 2 is 2.04 bits per heavy atom. The van der Waals surface area contributed by atoms with Gasteiger partial charge in [-0.3, -0.25) is 14.5 Å². The number of nitrogens with one attached hydrogen (secondary N) is 1. The molecule has 0 aromatic carbocycles. The summed E-state index contributed by atoms with van der Waals surface area (Å²) in [7, 11) is 3.64. The standard InChI is InChI=1S/C19H29N3O4/c1-13-9-26-12-19(11-23,22(13)3)10-20-17(24)16-8-21(2)18(25)15-7-5-4-6-14(15)16/h8,13,23H,4-7,9-12H2,1-3H3,(H,20,24)/t13-,19+/m1/s1. The summed E-state index contributed by atoms with van der Waals surface area (Å²) in [5.74, 6) is -0.196. The zero-order valence-corrected chi connectivity index (χ0v) is 15.9. The molecular weight excluding hydrogens is 334 g/mol. The van der Waals surface area contributed by atoms with E-state index in [2.05, 4.69) is 10.2 Å². The highest BCUT2D eigenvalue weighted by atomic mass is 16.5. The molecule has 0 spiro atoms. The largest absolute Gasteiger partial charge is 0.394 e. The highest BCUT2D eigenvalue weighted by molar-refractivity contribution is 5.95. The third kappa shape index (κ3) is 3.31. The Morgan fingerprint density at radius 3 is 2.73 bits per heavy atom. The molecule has 0 unspecified atom stereocenters. The van der Waals surface area contributed by atoms with E-state index < -0.39 is 5.54 Å². The van der Waals surface area contributed by atoms with Crippen molar-refractivity contribution in [3.05, 3.63) is 33.2 Å². The Balaban J connectivity index is 1.82. The Bertz CT molecular complexity index is 745. The number of hydrogen-bond acceptors (Lipinski definition) is 5. The van der Waals surface area contributed by atoms with Gasteiger partial charge in [0.1, 0.15) is 0 Å². The van der Waals surface area contributed by atoms with Gasteiger partial charge in [0.2, 0.25) is 0 Å². The number of carbonyl (C=O) groups is 1. The van der Waals surface area contributed by atoms with Gasteiger partial charge in [-0.15, -0.1) is 0 Å². The fourth-order valence-corrected chi connectivity index (χ4v) is 4.01. The van der Waals surface area contributed by atoms with E-state index in [1.165, 1.54) is 4.57 Å². The van der Waals surface area contributed by atoms with Crippen molar-refractivity contribution in [3.8, 4) is 0 Å². The minimum atomic E-state index is -0.631. The number of morpholine rings is 1. The minimum absolute atomic E-state index is 0.00248. The van der Waals surface area contributed by atoms with Crippen molar-refractivity contribution in [1.29, 1.82) is 0 Å². The smallest absolute Gasteiger partial charge is 0.253 e. The lowest BCUT2D eigenvalue weighted by Gasteiger charge is -2.47. The summed E-state index contributed by atoms with van der Waals surface area (Å²) in [6, 6.07) is 0.165. The number of aryl methyl sites for hydroxylation is 1. The van der Waals surface area contributed by atoms with Crippen molar-refractivity contribution in [3.63, 3.8) is 0 Å². The second-order valence-electron chi connectivity index (χ2n) is 7.66. The predicted octanol–water partition coefficient (Wildman–Crippen LogP) is 0.0755. The van der Waals surface area contributed by atoms with Crippen LogP contribution in [0.3, 0.4) is 0 Å². The van der Waals surface area contributed by atoms with Crippen LogP contribution in [0.15, 0.2) is 11.0 Å². The normalized spacial score (nSPS) is 26.4. The third-order valence-electron chi connectivity index (χ3n) is 5.95. The van der Waals surface area contributed by atoms with Gasteiger partial charge < -0.3 is 19.7 Å². The van der Waals surface area contributed by atoms with Crippen LogP contribution < -0.4 is 10.9 Å². The van der Waals surface area contributed by atoms with E-state index in [4.69, 9.17) is 4.74 Å². The topological polar surface area (TPSA) is 83.8 Å². The van der Waals surface area contributed by atoms with Gasteiger partial charge >= 0.3 is 0 Å². The van der Waals surface area contributed by atoms with Gasteiger partial charge in [-0.1, -0.05) is 0 Å². The highest BCUT2D eigenvalue weighted by Gasteiger charge is 2.40. The van der Waals surface area contributed by atoms with E-state index in [0.717, 1.165) is 36.8 Å². The number of carbonyl (C=O) groups excluding carboxylic acids is 1. The first kappa shape index (κ1) is 19.1. The quantitative estimate of drug-likeness (QED) is 0.791. The van der Waals surface area contributed by atoms with Gasteiger partial charge in [0, 0.05) is 31.4 Å². The molecule has 7 nitrogen and oxygen atoms in total. The molecular formula is C19H29N3O4. The molecule has 7 heteroatoms. The molecule has 2 aliphatic rings. The summed E-state index contributed by atoms with van der Waals surface area (Å²) in [6.45, 7) is 3.21. The van der Waals surface area contributed by atoms with Gasteiger partial charge in [0.25, 0.3) is 11.5 Å². The molecule has 1 fully saturated rings. The number of aliphatic hydroxyl groups is 1. The molecule has 1 amide bonds. The van der Waals surface area contributed by atoms with Crippen LogP contribution in [-0.2, 0) is 24.6 Å². The van der Waals surface area contributed by atoms with Crippen molar-refractivity contribution in [1.82, 2.24) is 14.8 Å². The maximum Gasteiger partial charge on any atom is 0.253 e. The molecule has 0 saturated carbocycles. The molecule has 144 valence electrons. The van der Waals surface area contributed by atoms with E-state index >= 15 is 0 Å². The van der Waals surface area contributed by atoms with Crippen LogP contribution >= 0.6 is 0 Å². The van der Waals surface area contributed by atoms with Crippen LogP contribution in [0.5, 0.6) is 0 Å². The number of likely N-dealkylation sites (N-methyl/N-ethyl adjacent to an activating group) is 1. The minimum Gasteiger partial charge on any atom is -0.394 e. The first-order chi connectivity index (χ1) is 12.4. The molecule has 1 aromatic heterocycles. The summed E-state index contributed by atoms with van der Waals surface area (Å²) >= 11 is 0. The zero-order valence-electron chi connectivity index (χ0n) is 15.9. The number of rotatable bonds is 4. The Kier molecular flexibility index (Phi) is 5.50. The molecule has 26 heavy (non-hydrogen) atoms. The van der Waals surface area contributed by atoms with Crippen molar-refractivity contribution in [2.45, 2.75) is 44.2 Å². The number of fused-ring (bicyclic) bond motifs is 1. The lowest BCUT2D eigenvalue weighted by molar-refractivity contribution is -0.105. The Labute approximate surface area is 153 Å². The average molecular weight is 363 g/mol. The van der Waals surface area contributed by atoms with E-state index in [9.17, 15) is 14.7 Å². The summed E-state index contributed by atoms with van der Waals surface area (Å²) < 4.78 is 7.12. The van der Waals surface area contributed by atoms with Crippen LogP contribution in [0.4, 0.5) is 0 Å². The first-order valence-corrected chi connectivity index (χ1v) is 9.31. The number of amides is 1. The molecule has 1 aliphatic heterocycles. The Hall–Kier alpha value is -1.70.